The third-order valence-electron chi connectivity index (χ3n) is 1.56. The van der Waals surface area contributed by atoms with Crippen LogP contribution < -0.4 is 0 Å². The third kappa shape index (κ3) is 1.70. The molecule has 1 amide bonds. The SMILES string of the molecule is CCCCN1OCCC1=O. The second-order valence-corrected chi connectivity index (χ2v) is 2.43. The normalized spacial score (nSPS) is 18.5. The molecule has 1 rings (SSSR count). The molecule has 1 aliphatic heterocycles. The van der Waals surface area contributed by atoms with E-state index in [1.54, 1.807) is 0 Å². The van der Waals surface area contributed by atoms with Crippen molar-refractivity contribution in [3.8, 4) is 0 Å². The van der Waals surface area contributed by atoms with Crippen LogP contribution >= 0.6 is 0 Å². The summed E-state index contributed by atoms with van der Waals surface area (Å²) in [5.41, 5.74) is 0. The van der Waals surface area contributed by atoms with E-state index in [-0.39, 0.29) is 5.91 Å². The molecule has 0 bridgehead atoms. The number of hydrogen-bond donors (Lipinski definition) is 0. The lowest BCUT2D eigenvalue weighted by Gasteiger charge is -2.12. The molecule has 0 spiro atoms. The molecule has 1 aliphatic rings. The van der Waals surface area contributed by atoms with Crippen molar-refractivity contribution in [3.05, 3.63) is 0 Å². The average molecular weight is 143 g/mol. The minimum atomic E-state index is 0.133. The Morgan fingerprint density at radius 1 is 1.70 bits per heavy atom. The molecule has 0 N–H and O–H groups in total. The Morgan fingerprint density at radius 2 is 2.50 bits per heavy atom. The van der Waals surface area contributed by atoms with Crippen LogP contribution in [0.1, 0.15) is 26.2 Å². The van der Waals surface area contributed by atoms with Gasteiger partial charge < -0.3 is 0 Å². The first-order chi connectivity index (χ1) is 4.84. The highest BCUT2D eigenvalue weighted by atomic mass is 16.7. The maximum absolute atomic E-state index is 10.9. The van der Waals surface area contributed by atoms with E-state index in [2.05, 4.69) is 6.92 Å². The predicted octanol–water partition coefficient (Wildman–Crippen LogP) is 0.950. The minimum Gasteiger partial charge on any atom is -0.272 e. The van der Waals surface area contributed by atoms with Crippen LogP contribution in [0.15, 0.2) is 0 Å². The summed E-state index contributed by atoms with van der Waals surface area (Å²) in [5.74, 6) is 0.133. The summed E-state index contributed by atoms with van der Waals surface area (Å²) in [5, 5.41) is 1.48. The number of rotatable bonds is 3. The summed E-state index contributed by atoms with van der Waals surface area (Å²) in [6.07, 6.45) is 2.70. The zero-order chi connectivity index (χ0) is 7.40. The van der Waals surface area contributed by atoms with E-state index in [9.17, 15) is 4.79 Å². The molecular formula is C7H13NO2. The van der Waals surface area contributed by atoms with Gasteiger partial charge in [-0.1, -0.05) is 13.3 Å². The topological polar surface area (TPSA) is 29.5 Å². The summed E-state index contributed by atoms with van der Waals surface area (Å²) in [7, 11) is 0. The van der Waals surface area contributed by atoms with Crippen molar-refractivity contribution in [2.75, 3.05) is 13.2 Å². The van der Waals surface area contributed by atoms with Crippen LogP contribution in [-0.2, 0) is 9.63 Å². The van der Waals surface area contributed by atoms with Gasteiger partial charge in [0.1, 0.15) is 0 Å². The van der Waals surface area contributed by atoms with E-state index < -0.39 is 0 Å². The quantitative estimate of drug-likeness (QED) is 0.588. The highest BCUT2D eigenvalue weighted by Crippen LogP contribution is 2.07. The molecule has 0 unspecified atom stereocenters. The van der Waals surface area contributed by atoms with Crippen LogP contribution in [0.4, 0.5) is 0 Å². The van der Waals surface area contributed by atoms with Crippen LogP contribution in [0.25, 0.3) is 0 Å². The lowest BCUT2D eigenvalue weighted by atomic mass is 10.3. The fraction of sp³-hybridized carbons (Fsp3) is 0.857. The molecule has 10 heavy (non-hydrogen) atoms. The second kappa shape index (κ2) is 3.56. The van der Waals surface area contributed by atoms with E-state index in [4.69, 9.17) is 4.84 Å². The number of hydroxylamine groups is 2. The zero-order valence-electron chi connectivity index (χ0n) is 6.30. The maximum atomic E-state index is 10.9. The molecule has 1 saturated heterocycles. The van der Waals surface area contributed by atoms with Crippen molar-refractivity contribution in [3.63, 3.8) is 0 Å². The molecule has 58 valence electrons. The van der Waals surface area contributed by atoms with Crippen molar-refractivity contribution >= 4 is 5.91 Å². The molecule has 0 radical (unpaired) electrons. The Labute approximate surface area is 60.9 Å². The van der Waals surface area contributed by atoms with Gasteiger partial charge >= 0.3 is 0 Å². The molecule has 0 saturated carbocycles. The molecule has 0 aromatic heterocycles. The lowest BCUT2D eigenvalue weighted by molar-refractivity contribution is -0.161. The number of carbonyl (C=O) groups excluding carboxylic acids is 1. The summed E-state index contributed by atoms with van der Waals surface area (Å²) >= 11 is 0. The smallest absolute Gasteiger partial charge is 0.248 e. The Balaban J connectivity index is 2.20. The standard InChI is InChI=1S/C7H13NO2/c1-2-3-5-8-7(9)4-6-10-8/h2-6H2,1H3. The molecule has 3 nitrogen and oxygen atoms in total. The van der Waals surface area contributed by atoms with Crippen molar-refractivity contribution in [2.45, 2.75) is 26.2 Å². The van der Waals surface area contributed by atoms with Crippen LogP contribution in [0, 0.1) is 0 Å². The Kier molecular flexibility index (Phi) is 2.68. The van der Waals surface area contributed by atoms with E-state index in [1.165, 1.54) is 5.06 Å². The van der Waals surface area contributed by atoms with Crippen molar-refractivity contribution in [1.29, 1.82) is 0 Å². The van der Waals surface area contributed by atoms with Crippen LogP contribution in [0.5, 0.6) is 0 Å². The van der Waals surface area contributed by atoms with Gasteiger partial charge in [0.15, 0.2) is 0 Å². The zero-order valence-corrected chi connectivity index (χ0v) is 6.30. The third-order valence-corrected chi connectivity index (χ3v) is 1.56. The van der Waals surface area contributed by atoms with Gasteiger partial charge in [-0.05, 0) is 6.42 Å². The summed E-state index contributed by atoms with van der Waals surface area (Å²) in [6.45, 7) is 3.43. The van der Waals surface area contributed by atoms with Crippen molar-refractivity contribution in [2.24, 2.45) is 0 Å². The molecule has 0 atom stereocenters. The van der Waals surface area contributed by atoms with E-state index in [1.807, 2.05) is 0 Å². The van der Waals surface area contributed by atoms with E-state index >= 15 is 0 Å². The fourth-order valence-electron chi connectivity index (χ4n) is 0.931. The van der Waals surface area contributed by atoms with E-state index in [0.29, 0.717) is 13.0 Å². The summed E-state index contributed by atoms with van der Waals surface area (Å²) in [6, 6.07) is 0. The van der Waals surface area contributed by atoms with Crippen LogP contribution in [0.3, 0.4) is 0 Å². The van der Waals surface area contributed by atoms with Crippen LogP contribution in [-0.4, -0.2) is 24.1 Å². The Morgan fingerprint density at radius 3 is 3.00 bits per heavy atom. The monoisotopic (exact) mass is 143 g/mol. The fourth-order valence-corrected chi connectivity index (χ4v) is 0.931. The summed E-state index contributed by atoms with van der Waals surface area (Å²) < 4.78 is 0. The van der Waals surface area contributed by atoms with E-state index in [0.717, 1.165) is 19.4 Å². The first kappa shape index (κ1) is 7.54. The summed E-state index contributed by atoms with van der Waals surface area (Å²) in [4.78, 5) is 15.9. The van der Waals surface area contributed by atoms with Gasteiger partial charge in [0, 0.05) is 6.54 Å². The van der Waals surface area contributed by atoms with Crippen LogP contribution in [0.2, 0.25) is 0 Å². The molecular weight excluding hydrogens is 130 g/mol. The van der Waals surface area contributed by atoms with Gasteiger partial charge in [0.05, 0.1) is 13.0 Å². The molecule has 0 aromatic carbocycles. The van der Waals surface area contributed by atoms with Gasteiger partial charge in [-0.3, -0.25) is 9.63 Å². The Hall–Kier alpha value is -0.570. The molecule has 1 heterocycles. The first-order valence-electron chi connectivity index (χ1n) is 3.78. The largest absolute Gasteiger partial charge is 0.272 e. The molecule has 1 fully saturated rings. The Bertz CT molecular complexity index is 125. The predicted molar refractivity (Wildman–Crippen MR) is 37.2 cm³/mol. The molecule has 0 aromatic rings. The number of nitrogens with zero attached hydrogens (tertiary/aromatic N) is 1. The molecule has 3 heteroatoms. The average Bonchev–Trinajstić information content (AvgIpc) is 2.31. The number of carbonyl (C=O) groups is 1. The van der Waals surface area contributed by atoms with Gasteiger partial charge in [-0.15, -0.1) is 0 Å². The molecule has 0 aliphatic carbocycles. The number of amides is 1. The maximum Gasteiger partial charge on any atom is 0.248 e. The lowest BCUT2D eigenvalue weighted by Crippen LogP contribution is -2.24. The second-order valence-electron chi connectivity index (χ2n) is 2.43. The van der Waals surface area contributed by atoms with Gasteiger partial charge in [-0.25, -0.2) is 5.06 Å². The highest BCUT2D eigenvalue weighted by molar-refractivity contribution is 5.76. The van der Waals surface area contributed by atoms with Gasteiger partial charge in [-0.2, -0.15) is 0 Å². The van der Waals surface area contributed by atoms with Crippen molar-refractivity contribution in [1.82, 2.24) is 5.06 Å². The number of hydrogen-bond acceptors (Lipinski definition) is 2. The van der Waals surface area contributed by atoms with Gasteiger partial charge in [0.25, 0.3) is 0 Å². The minimum absolute atomic E-state index is 0.133. The number of unbranched alkanes of at least 4 members (excludes halogenated alkanes) is 1. The van der Waals surface area contributed by atoms with Crippen molar-refractivity contribution < 1.29 is 9.63 Å². The van der Waals surface area contributed by atoms with Gasteiger partial charge in [0.2, 0.25) is 5.91 Å². The first-order valence-corrected chi connectivity index (χ1v) is 3.78. The highest BCUT2D eigenvalue weighted by Gasteiger charge is 2.19.